The first-order valence-electron chi connectivity index (χ1n) is 3.96. The number of rotatable bonds is 0. The molecule has 2 atom stereocenters. The van der Waals surface area contributed by atoms with Crippen molar-refractivity contribution in [2.75, 3.05) is 0 Å². The minimum Gasteiger partial charge on any atom is -0.334 e. The SMILES string of the molecule is CC1CC2(C)CCC(=O)N12. The van der Waals surface area contributed by atoms with E-state index in [-0.39, 0.29) is 5.54 Å². The Hall–Kier alpha value is -0.530. The van der Waals surface area contributed by atoms with Crippen LogP contribution in [0.4, 0.5) is 0 Å². The second kappa shape index (κ2) is 1.55. The van der Waals surface area contributed by atoms with E-state index in [1.165, 1.54) is 6.42 Å². The third kappa shape index (κ3) is 0.522. The van der Waals surface area contributed by atoms with Crippen LogP contribution in [0.3, 0.4) is 0 Å². The molecular weight excluding hydrogens is 126 g/mol. The van der Waals surface area contributed by atoms with Crippen molar-refractivity contribution in [1.29, 1.82) is 0 Å². The number of nitrogens with zero attached hydrogens (tertiary/aromatic N) is 1. The van der Waals surface area contributed by atoms with Crippen molar-refractivity contribution >= 4 is 5.91 Å². The predicted molar refractivity (Wildman–Crippen MR) is 38.6 cm³/mol. The molecule has 0 N–H and O–H groups in total. The lowest BCUT2D eigenvalue weighted by Gasteiger charge is -2.51. The average molecular weight is 139 g/mol. The van der Waals surface area contributed by atoms with Gasteiger partial charge in [-0.05, 0) is 26.7 Å². The number of fused-ring (bicyclic) bond motifs is 1. The number of hydrogen-bond acceptors (Lipinski definition) is 1. The van der Waals surface area contributed by atoms with Crippen molar-refractivity contribution < 1.29 is 4.79 Å². The molecule has 2 fully saturated rings. The molecule has 2 heterocycles. The smallest absolute Gasteiger partial charge is 0.223 e. The van der Waals surface area contributed by atoms with E-state index >= 15 is 0 Å². The minimum atomic E-state index is 0.260. The van der Waals surface area contributed by atoms with Gasteiger partial charge in [-0.25, -0.2) is 0 Å². The first kappa shape index (κ1) is 6.20. The van der Waals surface area contributed by atoms with Crippen molar-refractivity contribution in [1.82, 2.24) is 4.90 Å². The van der Waals surface area contributed by atoms with E-state index in [0.29, 0.717) is 11.9 Å². The molecule has 0 aromatic heterocycles. The topological polar surface area (TPSA) is 20.3 Å². The van der Waals surface area contributed by atoms with Gasteiger partial charge in [0.05, 0.1) is 0 Å². The molecular formula is C8H13NO. The summed E-state index contributed by atoms with van der Waals surface area (Å²) in [5.41, 5.74) is 0.260. The Morgan fingerprint density at radius 3 is 2.80 bits per heavy atom. The van der Waals surface area contributed by atoms with Crippen LogP contribution in [0.1, 0.15) is 33.1 Å². The van der Waals surface area contributed by atoms with Crippen molar-refractivity contribution in [2.45, 2.75) is 44.7 Å². The van der Waals surface area contributed by atoms with E-state index in [2.05, 4.69) is 13.8 Å². The van der Waals surface area contributed by atoms with Gasteiger partial charge in [-0.3, -0.25) is 4.79 Å². The molecule has 2 aliphatic heterocycles. The zero-order valence-corrected chi connectivity index (χ0v) is 6.55. The monoisotopic (exact) mass is 139 g/mol. The molecule has 1 amide bonds. The van der Waals surface area contributed by atoms with Gasteiger partial charge in [0.25, 0.3) is 0 Å². The number of hydrogen-bond donors (Lipinski definition) is 0. The van der Waals surface area contributed by atoms with Gasteiger partial charge in [0.2, 0.25) is 5.91 Å². The molecule has 0 spiro atoms. The maximum absolute atomic E-state index is 11.2. The summed E-state index contributed by atoms with van der Waals surface area (Å²) in [6.45, 7) is 4.32. The van der Waals surface area contributed by atoms with Crippen molar-refractivity contribution in [3.8, 4) is 0 Å². The zero-order valence-electron chi connectivity index (χ0n) is 6.55. The lowest BCUT2D eigenvalue weighted by molar-refractivity contribution is -0.142. The fraction of sp³-hybridized carbons (Fsp3) is 0.875. The van der Waals surface area contributed by atoms with Crippen LogP contribution in [0.5, 0.6) is 0 Å². The minimum absolute atomic E-state index is 0.260. The number of carbonyl (C=O) groups excluding carboxylic acids is 1. The van der Waals surface area contributed by atoms with Crippen LogP contribution in [-0.4, -0.2) is 22.4 Å². The Bertz CT molecular complexity index is 190. The highest BCUT2D eigenvalue weighted by atomic mass is 16.2. The van der Waals surface area contributed by atoms with Crippen molar-refractivity contribution in [3.05, 3.63) is 0 Å². The maximum Gasteiger partial charge on any atom is 0.223 e. The molecule has 2 rings (SSSR count). The van der Waals surface area contributed by atoms with Crippen LogP contribution in [0, 0.1) is 0 Å². The molecule has 2 nitrogen and oxygen atoms in total. The van der Waals surface area contributed by atoms with Gasteiger partial charge in [0.1, 0.15) is 0 Å². The highest BCUT2D eigenvalue weighted by Gasteiger charge is 2.52. The first-order valence-corrected chi connectivity index (χ1v) is 3.96. The molecule has 0 radical (unpaired) electrons. The summed E-state index contributed by atoms with van der Waals surface area (Å²) in [5.74, 6) is 0.362. The predicted octanol–water partition coefficient (Wildman–Crippen LogP) is 1.16. The van der Waals surface area contributed by atoms with Crippen LogP contribution < -0.4 is 0 Å². The lowest BCUT2D eigenvalue weighted by Crippen LogP contribution is -2.60. The Kier molecular flexibility index (Phi) is 0.960. The van der Waals surface area contributed by atoms with E-state index in [4.69, 9.17) is 0 Å². The standard InChI is InChI=1S/C8H13NO/c1-6-5-8(2)4-3-7(10)9(6)8/h6H,3-5H2,1-2H3. The normalized spacial score (nSPS) is 45.2. The molecule has 0 aromatic rings. The molecule has 0 saturated carbocycles. The van der Waals surface area contributed by atoms with Crippen LogP contribution >= 0.6 is 0 Å². The molecule has 2 heteroatoms. The van der Waals surface area contributed by atoms with Crippen molar-refractivity contribution in [2.24, 2.45) is 0 Å². The van der Waals surface area contributed by atoms with Gasteiger partial charge in [-0.2, -0.15) is 0 Å². The third-order valence-electron chi connectivity index (χ3n) is 2.90. The Morgan fingerprint density at radius 1 is 1.70 bits per heavy atom. The van der Waals surface area contributed by atoms with Crippen LogP contribution in [0.2, 0.25) is 0 Å². The molecule has 2 aliphatic rings. The fourth-order valence-corrected chi connectivity index (χ4v) is 2.51. The highest BCUT2D eigenvalue weighted by Crippen LogP contribution is 2.44. The summed E-state index contributed by atoms with van der Waals surface area (Å²) in [6.07, 6.45) is 3.07. The largest absolute Gasteiger partial charge is 0.334 e. The Balaban J connectivity index is 2.24. The summed E-state index contributed by atoms with van der Waals surface area (Å²) < 4.78 is 0. The zero-order chi connectivity index (χ0) is 7.35. The van der Waals surface area contributed by atoms with E-state index in [0.717, 1.165) is 12.8 Å². The Labute approximate surface area is 61.2 Å². The quantitative estimate of drug-likeness (QED) is 0.493. The van der Waals surface area contributed by atoms with E-state index in [1.54, 1.807) is 0 Å². The van der Waals surface area contributed by atoms with Crippen LogP contribution in [0.25, 0.3) is 0 Å². The molecule has 0 aliphatic carbocycles. The van der Waals surface area contributed by atoms with E-state index in [1.807, 2.05) is 4.90 Å². The molecule has 0 aromatic carbocycles. The highest BCUT2D eigenvalue weighted by molar-refractivity contribution is 5.81. The average Bonchev–Trinajstić information content (AvgIpc) is 2.03. The molecule has 0 bridgehead atoms. The van der Waals surface area contributed by atoms with Gasteiger partial charge in [0, 0.05) is 18.0 Å². The first-order chi connectivity index (χ1) is 4.63. The lowest BCUT2D eigenvalue weighted by atomic mass is 9.82. The van der Waals surface area contributed by atoms with Gasteiger partial charge in [-0.15, -0.1) is 0 Å². The van der Waals surface area contributed by atoms with Gasteiger partial charge in [0.15, 0.2) is 0 Å². The second-order valence-electron chi connectivity index (χ2n) is 3.81. The fourth-order valence-electron chi connectivity index (χ4n) is 2.51. The summed E-state index contributed by atoms with van der Waals surface area (Å²) >= 11 is 0. The van der Waals surface area contributed by atoms with Crippen molar-refractivity contribution in [3.63, 3.8) is 0 Å². The van der Waals surface area contributed by atoms with Gasteiger partial charge < -0.3 is 4.90 Å². The summed E-state index contributed by atoms with van der Waals surface area (Å²) in [7, 11) is 0. The number of carbonyl (C=O) groups is 1. The molecule has 2 saturated heterocycles. The molecule has 10 heavy (non-hydrogen) atoms. The second-order valence-corrected chi connectivity index (χ2v) is 3.81. The van der Waals surface area contributed by atoms with Gasteiger partial charge in [-0.1, -0.05) is 0 Å². The number of amides is 1. The maximum atomic E-state index is 11.2. The van der Waals surface area contributed by atoms with E-state index < -0.39 is 0 Å². The Morgan fingerprint density at radius 2 is 2.40 bits per heavy atom. The summed E-state index contributed by atoms with van der Waals surface area (Å²) in [5, 5.41) is 0. The van der Waals surface area contributed by atoms with E-state index in [9.17, 15) is 4.79 Å². The molecule has 56 valence electrons. The van der Waals surface area contributed by atoms with Crippen LogP contribution in [-0.2, 0) is 4.79 Å². The van der Waals surface area contributed by atoms with Gasteiger partial charge >= 0.3 is 0 Å². The summed E-state index contributed by atoms with van der Waals surface area (Å²) in [4.78, 5) is 13.2. The third-order valence-corrected chi connectivity index (χ3v) is 2.90. The van der Waals surface area contributed by atoms with Crippen LogP contribution in [0.15, 0.2) is 0 Å². The molecule has 2 unspecified atom stereocenters. The summed E-state index contributed by atoms with van der Waals surface area (Å²) in [6, 6.07) is 0.514.